The summed E-state index contributed by atoms with van der Waals surface area (Å²) >= 11 is 0. The van der Waals surface area contributed by atoms with Crippen molar-refractivity contribution in [2.75, 3.05) is 20.3 Å². The van der Waals surface area contributed by atoms with Crippen LogP contribution in [0.25, 0.3) is 0 Å². The lowest BCUT2D eigenvalue weighted by atomic mass is 9.89. The summed E-state index contributed by atoms with van der Waals surface area (Å²) in [4.78, 5) is 11.7. The second kappa shape index (κ2) is 6.21. The van der Waals surface area contributed by atoms with Crippen LogP contribution in [-0.2, 0) is 9.53 Å². The summed E-state index contributed by atoms with van der Waals surface area (Å²) in [6.45, 7) is 9.21. The number of methoxy groups -OCH3 is 1. The highest BCUT2D eigenvalue weighted by Crippen LogP contribution is 2.19. The van der Waals surface area contributed by atoms with E-state index in [2.05, 4.69) is 19.2 Å². The van der Waals surface area contributed by atoms with Crippen molar-refractivity contribution in [2.45, 2.75) is 46.1 Å². The van der Waals surface area contributed by atoms with E-state index in [4.69, 9.17) is 10.5 Å². The summed E-state index contributed by atoms with van der Waals surface area (Å²) in [5.41, 5.74) is 5.12. The number of carbonyl (C=O) groups excluding carboxylic acids is 1. The molecule has 0 aliphatic carbocycles. The molecule has 0 saturated heterocycles. The molecule has 1 amide bonds. The highest BCUT2D eigenvalue weighted by Gasteiger charge is 2.27. The van der Waals surface area contributed by atoms with Gasteiger partial charge in [-0.05, 0) is 25.2 Å². The molecule has 4 heteroatoms. The third-order valence-corrected chi connectivity index (χ3v) is 2.96. The summed E-state index contributed by atoms with van der Waals surface area (Å²) in [5.74, 6) is -0.0829. The van der Waals surface area contributed by atoms with E-state index in [0.717, 1.165) is 6.42 Å². The molecular weight excluding hydrogens is 204 g/mol. The third-order valence-electron chi connectivity index (χ3n) is 2.96. The minimum absolute atomic E-state index is 0.0372. The van der Waals surface area contributed by atoms with Crippen molar-refractivity contribution in [3.05, 3.63) is 0 Å². The first-order chi connectivity index (χ1) is 7.25. The molecule has 1 unspecified atom stereocenters. The van der Waals surface area contributed by atoms with E-state index in [0.29, 0.717) is 19.6 Å². The zero-order valence-corrected chi connectivity index (χ0v) is 11.2. The summed E-state index contributed by atoms with van der Waals surface area (Å²) in [6, 6.07) is 0. The number of carbonyl (C=O) groups is 1. The monoisotopic (exact) mass is 230 g/mol. The third kappa shape index (κ3) is 5.47. The van der Waals surface area contributed by atoms with E-state index < -0.39 is 5.54 Å². The van der Waals surface area contributed by atoms with E-state index in [1.165, 1.54) is 0 Å². The summed E-state index contributed by atoms with van der Waals surface area (Å²) in [6.07, 6.45) is 1.55. The minimum atomic E-state index is -0.767. The first-order valence-corrected chi connectivity index (χ1v) is 5.81. The lowest BCUT2D eigenvalue weighted by Crippen LogP contribution is -2.52. The van der Waals surface area contributed by atoms with Gasteiger partial charge in [0.05, 0.1) is 5.54 Å². The second-order valence-corrected chi connectivity index (χ2v) is 5.36. The van der Waals surface area contributed by atoms with Gasteiger partial charge in [-0.2, -0.15) is 0 Å². The molecule has 4 nitrogen and oxygen atoms in total. The van der Waals surface area contributed by atoms with Crippen LogP contribution in [0.1, 0.15) is 40.5 Å². The van der Waals surface area contributed by atoms with Crippen molar-refractivity contribution in [3.8, 4) is 0 Å². The van der Waals surface area contributed by atoms with Crippen molar-refractivity contribution >= 4 is 5.91 Å². The second-order valence-electron chi connectivity index (χ2n) is 5.36. The van der Waals surface area contributed by atoms with Gasteiger partial charge in [0.25, 0.3) is 0 Å². The Bertz CT molecular complexity index is 225. The molecule has 0 heterocycles. The number of nitrogens with two attached hydrogens (primary N) is 1. The molecule has 0 fully saturated rings. The number of amides is 1. The molecule has 0 aromatic heterocycles. The molecule has 0 aliphatic heterocycles. The molecule has 0 saturated carbocycles. The highest BCUT2D eigenvalue weighted by atomic mass is 16.5. The molecule has 0 aliphatic rings. The predicted octanol–water partition coefficient (Wildman–Crippen LogP) is 1.29. The van der Waals surface area contributed by atoms with Gasteiger partial charge in [-0.15, -0.1) is 0 Å². The smallest absolute Gasteiger partial charge is 0.239 e. The van der Waals surface area contributed by atoms with Crippen LogP contribution in [0.4, 0.5) is 0 Å². The highest BCUT2D eigenvalue weighted by molar-refractivity contribution is 5.85. The van der Waals surface area contributed by atoms with Crippen LogP contribution < -0.4 is 11.1 Å². The molecule has 0 bridgehead atoms. The standard InChI is InChI=1S/C12H26N2O2/c1-6-12(4,13)10(15)14-9-11(2,3)7-8-16-5/h6-9,13H2,1-5H3,(H,14,15). The first kappa shape index (κ1) is 15.4. The Balaban J connectivity index is 4.09. The Kier molecular flexibility index (Phi) is 5.97. The van der Waals surface area contributed by atoms with Crippen LogP contribution in [0.5, 0.6) is 0 Å². The fraction of sp³-hybridized carbons (Fsp3) is 0.917. The van der Waals surface area contributed by atoms with Crippen LogP contribution in [0, 0.1) is 5.41 Å². The van der Waals surface area contributed by atoms with Gasteiger partial charge in [-0.25, -0.2) is 0 Å². The van der Waals surface area contributed by atoms with E-state index in [-0.39, 0.29) is 11.3 Å². The Morgan fingerprint density at radius 3 is 2.38 bits per heavy atom. The van der Waals surface area contributed by atoms with Crippen molar-refractivity contribution in [3.63, 3.8) is 0 Å². The van der Waals surface area contributed by atoms with Gasteiger partial charge in [0.15, 0.2) is 0 Å². The van der Waals surface area contributed by atoms with Crippen LogP contribution in [0.2, 0.25) is 0 Å². The molecule has 0 aromatic carbocycles. The van der Waals surface area contributed by atoms with Crippen LogP contribution in [-0.4, -0.2) is 31.7 Å². The molecule has 0 rings (SSSR count). The molecule has 0 spiro atoms. The summed E-state index contributed by atoms with van der Waals surface area (Å²) < 4.78 is 5.04. The van der Waals surface area contributed by atoms with Gasteiger partial charge in [-0.3, -0.25) is 4.79 Å². The van der Waals surface area contributed by atoms with E-state index in [1.54, 1.807) is 14.0 Å². The predicted molar refractivity (Wildman–Crippen MR) is 66.2 cm³/mol. The van der Waals surface area contributed by atoms with Crippen molar-refractivity contribution < 1.29 is 9.53 Å². The molecular formula is C12H26N2O2. The SMILES string of the molecule is CCC(C)(N)C(=O)NCC(C)(C)CCOC. The Morgan fingerprint density at radius 2 is 1.94 bits per heavy atom. The van der Waals surface area contributed by atoms with E-state index in [1.807, 2.05) is 6.92 Å². The van der Waals surface area contributed by atoms with Gasteiger partial charge in [0, 0.05) is 20.3 Å². The maximum atomic E-state index is 11.7. The minimum Gasteiger partial charge on any atom is -0.385 e. The van der Waals surface area contributed by atoms with Crippen LogP contribution in [0.3, 0.4) is 0 Å². The van der Waals surface area contributed by atoms with E-state index in [9.17, 15) is 4.79 Å². The number of ether oxygens (including phenoxy) is 1. The van der Waals surface area contributed by atoms with Crippen molar-refractivity contribution in [1.29, 1.82) is 0 Å². The average molecular weight is 230 g/mol. The van der Waals surface area contributed by atoms with Gasteiger partial charge >= 0.3 is 0 Å². The quantitative estimate of drug-likeness (QED) is 0.692. The molecule has 96 valence electrons. The molecule has 1 atom stereocenters. The maximum absolute atomic E-state index is 11.7. The largest absolute Gasteiger partial charge is 0.385 e. The van der Waals surface area contributed by atoms with E-state index >= 15 is 0 Å². The normalized spacial score (nSPS) is 15.6. The number of rotatable bonds is 7. The van der Waals surface area contributed by atoms with Gasteiger partial charge in [-0.1, -0.05) is 20.8 Å². The fourth-order valence-corrected chi connectivity index (χ4v) is 1.15. The van der Waals surface area contributed by atoms with Crippen molar-refractivity contribution in [1.82, 2.24) is 5.32 Å². The average Bonchev–Trinajstić information content (AvgIpc) is 2.23. The number of hydrogen-bond acceptors (Lipinski definition) is 3. The van der Waals surface area contributed by atoms with Gasteiger partial charge in [0.2, 0.25) is 5.91 Å². The molecule has 16 heavy (non-hydrogen) atoms. The number of nitrogens with one attached hydrogen (secondary N) is 1. The van der Waals surface area contributed by atoms with Crippen LogP contribution in [0.15, 0.2) is 0 Å². The Hall–Kier alpha value is -0.610. The van der Waals surface area contributed by atoms with Gasteiger partial charge in [0.1, 0.15) is 0 Å². The fourth-order valence-electron chi connectivity index (χ4n) is 1.15. The number of hydrogen-bond donors (Lipinski definition) is 2. The zero-order valence-electron chi connectivity index (χ0n) is 11.2. The Morgan fingerprint density at radius 1 is 1.38 bits per heavy atom. The van der Waals surface area contributed by atoms with Crippen molar-refractivity contribution in [2.24, 2.45) is 11.1 Å². The zero-order chi connectivity index (χ0) is 12.8. The molecule has 0 radical (unpaired) electrons. The molecule has 0 aromatic rings. The van der Waals surface area contributed by atoms with Crippen LogP contribution >= 0.6 is 0 Å². The van der Waals surface area contributed by atoms with Gasteiger partial charge < -0.3 is 15.8 Å². The topological polar surface area (TPSA) is 64.4 Å². The summed E-state index contributed by atoms with van der Waals surface area (Å²) in [5, 5.41) is 2.90. The Labute approximate surface area is 98.9 Å². The lowest BCUT2D eigenvalue weighted by molar-refractivity contribution is -0.126. The maximum Gasteiger partial charge on any atom is 0.239 e. The lowest BCUT2D eigenvalue weighted by Gasteiger charge is -2.28. The molecule has 3 N–H and O–H groups in total. The summed E-state index contributed by atoms with van der Waals surface area (Å²) in [7, 11) is 1.68. The first-order valence-electron chi connectivity index (χ1n) is 5.81.